The molecule has 2 N–H and O–H groups in total. The molecule has 4 heterocycles. The normalized spacial score (nSPS) is 18.2. The predicted octanol–water partition coefficient (Wildman–Crippen LogP) is 3.13. The molecular weight excluding hydrogens is 360 g/mol. The quantitative estimate of drug-likeness (QED) is 0.567. The van der Waals surface area contributed by atoms with Crippen LogP contribution in [0.25, 0.3) is 28.1 Å². The van der Waals surface area contributed by atoms with Crippen molar-refractivity contribution in [1.29, 1.82) is 0 Å². The van der Waals surface area contributed by atoms with Gasteiger partial charge in [0.15, 0.2) is 11.5 Å². The van der Waals surface area contributed by atoms with E-state index in [-0.39, 0.29) is 5.25 Å². The minimum absolute atomic E-state index is 0.262. The van der Waals surface area contributed by atoms with E-state index in [0.717, 1.165) is 40.0 Å². The van der Waals surface area contributed by atoms with Crippen LogP contribution in [0.5, 0.6) is 0 Å². The summed E-state index contributed by atoms with van der Waals surface area (Å²) < 4.78 is 1.80. The topological polar surface area (TPSA) is 92.5 Å². The zero-order valence-electron chi connectivity index (χ0n) is 14.5. The van der Waals surface area contributed by atoms with E-state index in [1.54, 1.807) is 17.1 Å². The maximum atomic E-state index is 10.6. The third-order valence-corrected chi connectivity index (χ3v) is 6.31. The van der Waals surface area contributed by atoms with Gasteiger partial charge in [0.1, 0.15) is 6.33 Å². The van der Waals surface area contributed by atoms with Gasteiger partial charge >= 0.3 is 0 Å². The molecule has 136 valence electrons. The molecule has 0 spiro atoms. The first-order valence-electron chi connectivity index (χ1n) is 8.89. The molecule has 0 amide bonds. The van der Waals surface area contributed by atoms with Crippen LogP contribution in [0.2, 0.25) is 0 Å². The Morgan fingerprint density at radius 3 is 3.00 bits per heavy atom. The Morgan fingerprint density at radius 2 is 2.19 bits per heavy atom. The maximum Gasteiger partial charge on any atom is 0.162 e. The highest BCUT2D eigenvalue weighted by Crippen LogP contribution is 2.36. The van der Waals surface area contributed by atoms with E-state index in [2.05, 4.69) is 25.3 Å². The van der Waals surface area contributed by atoms with Gasteiger partial charge in [-0.25, -0.2) is 14.6 Å². The zero-order valence-corrected chi connectivity index (χ0v) is 15.3. The van der Waals surface area contributed by atoms with Crippen molar-refractivity contribution in [3.63, 3.8) is 0 Å². The Hall–Kier alpha value is -2.71. The lowest BCUT2D eigenvalue weighted by Crippen LogP contribution is -2.12. The number of hydrogen-bond donors (Lipinski definition) is 2. The fourth-order valence-corrected chi connectivity index (χ4v) is 4.79. The molecule has 2 atom stereocenters. The summed E-state index contributed by atoms with van der Waals surface area (Å²) >= 11 is 1.84. The van der Waals surface area contributed by atoms with E-state index < -0.39 is 6.10 Å². The van der Waals surface area contributed by atoms with Gasteiger partial charge in [-0.05, 0) is 36.8 Å². The van der Waals surface area contributed by atoms with Crippen LogP contribution >= 0.6 is 11.8 Å². The standard InChI is InChI=1S/C19H18N6OS/c26-17(16-5-2-6-27-16)13-7-14-10-23-25(19(14)20-9-13)15-4-1-3-12(8-15)18-21-11-22-24-18/h1,3-4,7-11,16-17,26H,2,5-6H2,(H,21,22,24)/t16-,17-/m1/s1. The van der Waals surface area contributed by atoms with Crippen LogP contribution in [0.4, 0.5) is 0 Å². The molecule has 0 saturated carbocycles. The van der Waals surface area contributed by atoms with E-state index in [0.29, 0.717) is 5.82 Å². The van der Waals surface area contributed by atoms with E-state index in [4.69, 9.17) is 0 Å². The Labute approximate surface area is 159 Å². The number of aliphatic hydroxyl groups excluding tert-OH is 1. The Bertz CT molecular complexity index is 1070. The van der Waals surface area contributed by atoms with Gasteiger partial charge in [0.2, 0.25) is 0 Å². The molecule has 3 aromatic heterocycles. The average Bonchev–Trinajstić information content (AvgIpc) is 3.48. The van der Waals surface area contributed by atoms with Crippen LogP contribution in [-0.2, 0) is 0 Å². The van der Waals surface area contributed by atoms with E-state index in [1.807, 2.05) is 42.1 Å². The smallest absolute Gasteiger partial charge is 0.162 e. The number of aromatic amines is 1. The molecule has 5 rings (SSSR count). The highest BCUT2D eigenvalue weighted by atomic mass is 32.2. The Kier molecular flexibility index (Phi) is 4.14. The van der Waals surface area contributed by atoms with Crippen LogP contribution in [0.3, 0.4) is 0 Å². The second-order valence-electron chi connectivity index (χ2n) is 6.62. The largest absolute Gasteiger partial charge is 0.387 e. The van der Waals surface area contributed by atoms with Gasteiger partial charge in [-0.2, -0.15) is 22.0 Å². The van der Waals surface area contributed by atoms with Crippen LogP contribution in [0, 0.1) is 0 Å². The number of benzene rings is 1. The summed E-state index contributed by atoms with van der Waals surface area (Å²) in [6.45, 7) is 0. The second kappa shape index (κ2) is 6.79. The molecule has 7 nitrogen and oxygen atoms in total. The fraction of sp³-hybridized carbons (Fsp3) is 0.263. The molecule has 1 aliphatic rings. The number of H-pyrrole nitrogens is 1. The van der Waals surface area contributed by atoms with Crippen LogP contribution < -0.4 is 0 Å². The van der Waals surface area contributed by atoms with Gasteiger partial charge in [-0.1, -0.05) is 12.1 Å². The molecule has 1 saturated heterocycles. The number of thioether (sulfide) groups is 1. The molecule has 0 radical (unpaired) electrons. The lowest BCUT2D eigenvalue weighted by Gasteiger charge is -2.17. The number of nitrogens with zero attached hydrogens (tertiary/aromatic N) is 5. The highest BCUT2D eigenvalue weighted by molar-refractivity contribution is 8.00. The summed E-state index contributed by atoms with van der Waals surface area (Å²) in [5.74, 6) is 1.83. The molecule has 0 aliphatic carbocycles. The van der Waals surface area contributed by atoms with E-state index in [1.165, 1.54) is 12.7 Å². The maximum absolute atomic E-state index is 10.6. The number of aromatic nitrogens is 6. The first-order valence-corrected chi connectivity index (χ1v) is 9.94. The number of hydrogen-bond acceptors (Lipinski definition) is 6. The second-order valence-corrected chi connectivity index (χ2v) is 7.97. The molecule has 0 unspecified atom stereocenters. The van der Waals surface area contributed by atoms with Crippen LogP contribution in [-0.4, -0.2) is 46.1 Å². The third kappa shape index (κ3) is 3.00. The van der Waals surface area contributed by atoms with Crippen molar-refractivity contribution in [2.24, 2.45) is 0 Å². The molecule has 8 heteroatoms. The van der Waals surface area contributed by atoms with Crippen LogP contribution in [0.15, 0.2) is 49.1 Å². The number of fused-ring (bicyclic) bond motifs is 1. The lowest BCUT2D eigenvalue weighted by atomic mass is 10.0. The van der Waals surface area contributed by atoms with Gasteiger partial charge in [0, 0.05) is 28.0 Å². The minimum Gasteiger partial charge on any atom is -0.387 e. The summed E-state index contributed by atoms with van der Waals surface area (Å²) in [4.78, 5) is 8.80. The molecule has 1 fully saturated rings. The summed E-state index contributed by atoms with van der Waals surface area (Å²) in [7, 11) is 0. The van der Waals surface area contributed by atoms with Gasteiger partial charge in [-0.15, -0.1) is 0 Å². The summed E-state index contributed by atoms with van der Waals surface area (Å²) in [6, 6.07) is 9.89. The summed E-state index contributed by atoms with van der Waals surface area (Å²) in [5, 5.41) is 23.1. The van der Waals surface area contributed by atoms with Crippen molar-refractivity contribution in [3.8, 4) is 17.1 Å². The Balaban J connectivity index is 1.51. The van der Waals surface area contributed by atoms with Gasteiger partial charge in [0.25, 0.3) is 0 Å². The van der Waals surface area contributed by atoms with Crippen molar-refractivity contribution < 1.29 is 5.11 Å². The summed E-state index contributed by atoms with van der Waals surface area (Å²) in [6.07, 6.45) is 6.79. The van der Waals surface area contributed by atoms with Crippen molar-refractivity contribution >= 4 is 22.8 Å². The lowest BCUT2D eigenvalue weighted by molar-refractivity contribution is 0.173. The monoisotopic (exact) mass is 378 g/mol. The molecule has 1 aromatic carbocycles. The number of nitrogens with one attached hydrogen (secondary N) is 1. The third-order valence-electron chi connectivity index (χ3n) is 4.87. The molecule has 1 aliphatic heterocycles. The minimum atomic E-state index is -0.479. The predicted molar refractivity (Wildman–Crippen MR) is 105 cm³/mol. The molecule has 0 bridgehead atoms. The van der Waals surface area contributed by atoms with Crippen molar-refractivity contribution in [2.45, 2.75) is 24.2 Å². The van der Waals surface area contributed by atoms with Crippen molar-refractivity contribution in [1.82, 2.24) is 29.9 Å². The SMILES string of the molecule is O[C@H](c1cnc2c(cnn2-c2cccc(-c3ncn[nH]3)c2)c1)[C@H]1CCCS1. The number of pyridine rings is 1. The zero-order chi connectivity index (χ0) is 18.2. The van der Waals surface area contributed by atoms with Crippen molar-refractivity contribution in [2.75, 3.05) is 5.75 Å². The molecule has 27 heavy (non-hydrogen) atoms. The molecule has 4 aromatic rings. The average molecular weight is 378 g/mol. The van der Waals surface area contributed by atoms with Crippen molar-refractivity contribution in [3.05, 3.63) is 54.6 Å². The van der Waals surface area contributed by atoms with E-state index in [9.17, 15) is 5.11 Å². The van der Waals surface area contributed by atoms with E-state index >= 15 is 0 Å². The first kappa shape index (κ1) is 16.5. The number of rotatable bonds is 4. The van der Waals surface area contributed by atoms with Gasteiger partial charge in [-0.3, -0.25) is 5.10 Å². The fourth-order valence-electron chi connectivity index (χ4n) is 3.48. The number of aliphatic hydroxyl groups is 1. The van der Waals surface area contributed by atoms with Gasteiger partial charge < -0.3 is 5.11 Å². The molecular formula is C19H18N6OS. The first-order chi connectivity index (χ1) is 13.3. The Morgan fingerprint density at radius 1 is 1.22 bits per heavy atom. The van der Waals surface area contributed by atoms with Gasteiger partial charge in [0.05, 0.1) is 18.0 Å². The van der Waals surface area contributed by atoms with Crippen LogP contribution in [0.1, 0.15) is 24.5 Å². The highest BCUT2D eigenvalue weighted by Gasteiger charge is 2.25. The summed E-state index contributed by atoms with van der Waals surface area (Å²) in [5.41, 5.74) is 3.45.